The average Bonchev–Trinajstić information content (AvgIpc) is 3.12. The van der Waals surface area contributed by atoms with Gasteiger partial charge in [0.2, 0.25) is 0 Å². The highest BCUT2D eigenvalue weighted by atomic mass is 35.5. The molecule has 0 bridgehead atoms. The van der Waals surface area contributed by atoms with Gasteiger partial charge < -0.3 is 9.64 Å². The number of nitrogens with zero attached hydrogens (tertiary/aromatic N) is 2. The lowest BCUT2D eigenvalue weighted by Crippen LogP contribution is -2.37. The number of rotatable bonds is 4. The fraction of sp³-hybridized carbons (Fsp3) is 0.263. The Balaban J connectivity index is 1.56. The van der Waals surface area contributed by atoms with Gasteiger partial charge in [-0.2, -0.15) is 4.99 Å². The van der Waals surface area contributed by atoms with Crippen LogP contribution in [0.25, 0.3) is 0 Å². The smallest absolute Gasteiger partial charge is 0.285 e. The molecule has 10 heteroatoms. The number of anilines is 1. The van der Waals surface area contributed by atoms with E-state index in [1.165, 1.54) is 11.8 Å². The van der Waals surface area contributed by atoms with E-state index in [0.29, 0.717) is 26.6 Å². The van der Waals surface area contributed by atoms with Crippen molar-refractivity contribution in [1.29, 1.82) is 0 Å². The molecular formula is C19H16Cl2N2O4S2. The number of thioether (sulfide) groups is 1. The van der Waals surface area contributed by atoms with Crippen molar-refractivity contribution in [2.75, 3.05) is 23.0 Å². The van der Waals surface area contributed by atoms with E-state index in [2.05, 4.69) is 4.99 Å². The van der Waals surface area contributed by atoms with Crippen molar-refractivity contribution in [3.05, 3.63) is 58.6 Å². The van der Waals surface area contributed by atoms with Gasteiger partial charge in [0.15, 0.2) is 21.6 Å². The molecule has 0 aliphatic carbocycles. The van der Waals surface area contributed by atoms with Crippen molar-refractivity contribution in [2.45, 2.75) is 11.3 Å². The molecule has 2 aliphatic rings. The number of carbonyl (C=O) groups excluding carboxylic acids is 1. The van der Waals surface area contributed by atoms with Crippen LogP contribution in [0.4, 0.5) is 5.69 Å². The molecule has 4 rings (SSSR count). The number of fused-ring (bicyclic) bond motifs is 1. The number of sulfone groups is 1. The fourth-order valence-corrected chi connectivity index (χ4v) is 7.55. The maximum absolute atomic E-state index is 12.4. The summed E-state index contributed by atoms with van der Waals surface area (Å²) >= 11 is 13.3. The molecule has 1 amide bonds. The second-order valence-corrected chi connectivity index (χ2v) is 10.9. The molecule has 2 aromatic rings. The molecular weight excluding hydrogens is 455 g/mol. The Kier molecular flexibility index (Phi) is 5.79. The van der Waals surface area contributed by atoms with Gasteiger partial charge in [-0.15, -0.1) is 0 Å². The van der Waals surface area contributed by atoms with Gasteiger partial charge in [0.05, 0.1) is 17.5 Å². The first-order valence-electron chi connectivity index (χ1n) is 8.72. The van der Waals surface area contributed by atoms with Crippen LogP contribution < -0.4 is 9.64 Å². The number of carbonyl (C=O) groups is 1. The Hall–Kier alpha value is -1.74. The number of ether oxygens (including phenoxy) is 1. The molecule has 0 saturated carbocycles. The molecule has 6 nitrogen and oxygen atoms in total. The minimum absolute atomic E-state index is 0.0195. The van der Waals surface area contributed by atoms with Crippen LogP contribution >= 0.6 is 35.0 Å². The lowest BCUT2D eigenvalue weighted by Gasteiger charge is -2.24. The zero-order valence-electron chi connectivity index (χ0n) is 15.0. The Morgan fingerprint density at radius 3 is 2.62 bits per heavy atom. The maximum Gasteiger partial charge on any atom is 0.285 e. The molecule has 0 spiro atoms. The Labute approximate surface area is 182 Å². The van der Waals surface area contributed by atoms with Crippen molar-refractivity contribution < 1.29 is 17.9 Å². The van der Waals surface area contributed by atoms with Crippen molar-refractivity contribution in [1.82, 2.24) is 0 Å². The Morgan fingerprint density at radius 1 is 1.14 bits per heavy atom. The van der Waals surface area contributed by atoms with E-state index in [1.807, 2.05) is 6.07 Å². The average molecular weight is 471 g/mol. The summed E-state index contributed by atoms with van der Waals surface area (Å²) in [5.41, 5.74) is 0.708. The van der Waals surface area contributed by atoms with E-state index in [0.717, 1.165) is 0 Å². The third-order valence-electron chi connectivity index (χ3n) is 4.55. The van der Waals surface area contributed by atoms with Crippen LogP contribution in [-0.2, 0) is 14.6 Å². The first kappa shape index (κ1) is 20.5. The van der Waals surface area contributed by atoms with E-state index in [9.17, 15) is 13.2 Å². The molecule has 0 radical (unpaired) electrons. The molecule has 0 aromatic heterocycles. The molecule has 2 saturated heterocycles. The van der Waals surface area contributed by atoms with Crippen molar-refractivity contribution in [2.24, 2.45) is 4.99 Å². The number of halogens is 2. The highest BCUT2D eigenvalue weighted by Crippen LogP contribution is 2.41. The highest BCUT2D eigenvalue weighted by Gasteiger charge is 2.49. The van der Waals surface area contributed by atoms with E-state index < -0.39 is 15.7 Å². The van der Waals surface area contributed by atoms with Crippen LogP contribution in [0, 0.1) is 0 Å². The third-order valence-corrected chi connectivity index (χ3v) is 8.25. The van der Waals surface area contributed by atoms with E-state index in [1.54, 1.807) is 47.4 Å². The first-order valence-corrected chi connectivity index (χ1v) is 12.2. The van der Waals surface area contributed by atoms with Crippen LogP contribution in [0.1, 0.15) is 0 Å². The molecule has 2 aromatic carbocycles. The monoisotopic (exact) mass is 470 g/mol. The highest BCUT2D eigenvalue weighted by molar-refractivity contribution is 8.16. The molecule has 0 N–H and O–H groups in total. The van der Waals surface area contributed by atoms with Crippen molar-refractivity contribution >= 4 is 61.6 Å². The predicted molar refractivity (Wildman–Crippen MR) is 117 cm³/mol. The number of benzene rings is 2. The second-order valence-electron chi connectivity index (χ2n) is 6.68. The van der Waals surface area contributed by atoms with E-state index in [4.69, 9.17) is 27.9 Å². The lowest BCUT2D eigenvalue weighted by atomic mass is 10.2. The van der Waals surface area contributed by atoms with Gasteiger partial charge in [0.1, 0.15) is 5.75 Å². The lowest BCUT2D eigenvalue weighted by molar-refractivity contribution is -0.119. The van der Waals surface area contributed by atoms with Gasteiger partial charge in [-0.05, 0) is 42.5 Å². The van der Waals surface area contributed by atoms with Crippen LogP contribution in [0.5, 0.6) is 5.75 Å². The zero-order valence-corrected chi connectivity index (χ0v) is 18.1. The van der Waals surface area contributed by atoms with Crippen molar-refractivity contribution in [3.8, 4) is 5.75 Å². The summed E-state index contributed by atoms with van der Waals surface area (Å²) in [6.07, 6.45) is 0. The minimum atomic E-state index is -3.13. The summed E-state index contributed by atoms with van der Waals surface area (Å²) < 4.78 is 29.7. The fourth-order valence-electron chi connectivity index (χ4n) is 3.31. The minimum Gasteiger partial charge on any atom is -0.484 e. The summed E-state index contributed by atoms with van der Waals surface area (Å²) in [6.45, 7) is -0.233. The standard InChI is InChI=1S/C19H16Cl2N2O4S2/c20-12-4-6-15(7-5-12)27-9-18(24)22-19-23(14-3-1-2-13(21)8-14)16-10-29(25,26)11-17(16)28-19/h1-8,16-17H,9-11H2/t16-,17+/m1/s1. The summed E-state index contributed by atoms with van der Waals surface area (Å²) in [6, 6.07) is 13.5. The number of amidine groups is 1. The van der Waals surface area contributed by atoms with Crippen molar-refractivity contribution in [3.63, 3.8) is 0 Å². The van der Waals surface area contributed by atoms with Crippen LogP contribution in [0.2, 0.25) is 10.0 Å². The van der Waals surface area contributed by atoms with Crippen LogP contribution in [0.3, 0.4) is 0 Å². The summed E-state index contributed by atoms with van der Waals surface area (Å²) in [5.74, 6) is 0.133. The molecule has 2 fully saturated rings. The molecule has 152 valence electrons. The van der Waals surface area contributed by atoms with Gasteiger partial charge in [-0.3, -0.25) is 4.79 Å². The van der Waals surface area contributed by atoms with E-state index >= 15 is 0 Å². The van der Waals surface area contributed by atoms with Crippen LogP contribution in [-0.4, -0.2) is 48.9 Å². The largest absolute Gasteiger partial charge is 0.484 e. The molecule has 2 heterocycles. The zero-order chi connectivity index (χ0) is 20.6. The normalized spacial score (nSPS) is 23.9. The van der Waals surface area contributed by atoms with Gasteiger partial charge in [0.25, 0.3) is 5.91 Å². The third kappa shape index (κ3) is 4.71. The van der Waals surface area contributed by atoms with Gasteiger partial charge in [-0.1, -0.05) is 41.0 Å². The predicted octanol–water partition coefficient (Wildman–Crippen LogP) is 3.67. The number of hydrogen-bond acceptors (Lipinski definition) is 5. The number of aliphatic imine (C=N–C) groups is 1. The summed E-state index contributed by atoms with van der Waals surface area (Å²) in [4.78, 5) is 18.4. The quantitative estimate of drug-likeness (QED) is 0.678. The Bertz CT molecular complexity index is 1070. The number of hydrogen-bond donors (Lipinski definition) is 0. The van der Waals surface area contributed by atoms with Gasteiger partial charge >= 0.3 is 0 Å². The van der Waals surface area contributed by atoms with Gasteiger partial charge in [-0.25, -0.2) is 8.42 Å². The van der Waals surface area contributed by atoms with E-state index in [-0.39, 0.29) is 29.4 Å². The number of amides is 1. The Morgan fingerprint density at radius 2 is 1.90 bits per heavy atom. The van der Waals surface area contributed by atoms with Gasteiger partial charge in [0, 0.05) is 21.0 Å². The molecule has 29 heavy (non-hydrogen) atoms. The summed E-state index contributed by atoms with van der Waals surface area (Å²) in [5, 5.41) is 1.38. The second kappa shape index (κ2) is 8.18. The maximum atomic E-state index is 12.4. The molecule has 0 unspecified atom stereocenters. The topological polar surface area (TPSA) is 76.0 Å². The molecule has 2 atom stereocenters. The SMILES string of the molecule is O=C(COc1ccc(Cl)cc1)N=C1S[C@H]2CS(=O)(=O)C[C@H]2N1c1cccc(Cl)c1. The van der Waals surface area contributed by atoms with Crippen LogP contribution in [0.15, 0.2) is 53.5 Å². The first-order chi connectivity index (χ1) is 13.8. The molecule has 2 aliphatic heterocycles. The summed E-state index contributed by atoms with van der Waals surface area (Å²) in [7, 11) is -3.13.